The molecule has 1 atom stereocenters. The third-order valence-corrected chi connectivity index (χ3v) is 12.9. The predicted octanol–water partition coefficient (Wildman–Crippen LogP) is 15.7. The van der Waals surface area contributed by atoms with Crippen molar-refractivity contribution < 1.29 is 53.1 Å². The summed E-state index contributed by atoms with van der Waals surface area (Å²) in [6, 6.07) is 59.8. The van der Waals surface area contributed by atoms with Crippen LogP contribution in [0.5, 0.6) is 0 Å². The van der Waals surface area contributed by atoms with Gasteiger partial charge >= 0.3 is 37.3 Å². The van der Waals surface area contributed by atoms with Gasteiger partial charge in [0.15, 0.2) is 0 Å². The molecule has 0 saturated carbocycles. The quantitative estimate of drug-likeness (QED) is 0.0833. The molecule has 0 amide bonds. The average Bonchev–Trinajstić information content (AvgIpc) is 3.57. The number of hydrogen-bond acceptors (Lipinski definition) is 1. The Morgan fingerprint density at radius 1 is 0.569 bits per heavy atom. The number of hydrogen-bond donors (Lipinski definition) is 0. The molecule has 0 heterocycles. The number of alkyl halides is 4. The topological polar surface area (TPSA) is 3.24 Å². The molecule has 1 spiro atoms. The molecule has 318 valence electrons. The van der Waals surface area contributed by atoms with Crippen LogP contribution in [0.25, 0.3) is 34.4 Å². The minimum absolute atomic E-state index is 0. The van der Waals surface area contributed by atoms with Crippen LogP contribution in [0, 0.1) is 49.1 Å². The normalized spacial score (nSPS) is 14.5. The summed E-state index contributed by atoms with van der Waals surface area (Å²) < 4.78 is 70.1. The number of rotatable bonds is 8. The minimum atomic E-state index is -4.52. The zero-order chi connectivity index (χ0) is 44.4. The molecular weight excluding hydrogens is 1040 g/mol. The van der Waals surface area contributed by atoms with Crippen LogP contribution in [0.3, 0.4) is 0 Å². The van der Waals surface area contributed by atoms with Gasteiger partial charge in [0, 0.05) is 29.0 Å². The first-order chi connectivity index (χ1) is 30.8. The third kappa shape index (κ3) is 7.77. The van der Waals surface area contributed by atoms with Gasteiger partial charge in [-0.05, 0) is 116 Å². The molecule has 0 fully saturated rings. The Morgan fingerprint density at radius 3 is 1.72 bits per heavy atom. The summed E-state index contributed by atoms with van der Waals surface area (Å²) in [4.78, 5) is 1.91. The summed E-state index contributed by atoms with van der Waals surface area (Å²) in [5.74, 6) is -0.507. The fourth-order valence-electron chi connectivity index (χ4n) is 10.0. The number of anilines is 3. The number of fused-ring (bicyclic) bond motifs is 9. The molecule has 65 heavy (non-hydrogen) atoms. The summed E-state index contributed by atoms with van der Waals surface area (Å²) in [5.41, 5.74) is 13.0. The first-order valence-corrected chi connectivity index (χ1v) is 21.4. The molecule has 10 rings (SSSR count). The summed E-state index contributed by atoms with van der Waals surface area (Å²) in [6.45, 7) is 6.11. The van der Waals surface area contributed by atoms with Crippen LogP contribution in [0.2, 0.25) is 0 Å². The van der Waals surface area contributed by atoms with E-state index in [-0.39, 0.29) is 36.5 Å². The molecule has 0 aliphatic heterocycles. The van der Waals surface area contributed by atoms with Crippen LogP contribution in [0.1, 0.15) is 76.4 Å². The van der Waals surface area contributed by atoms with Crippen LogP contribution in [0.15, 0.2) is 170 Å². The second kappa shape index (κ2) is 17.1. The third-order valence-electron chi connectivity index (χ3n) is 12.9. The van der Waals surface area contributed by atoms with Crippen molar-refractivity contribution in [3.63, 3.8) is 0 Å². The van der Waals surface area contributed by atoms with Crippen LogP contribution in [-0.2, 0) is 23.4 Å². The van der Waals surface area contributed by atoms with Gasteiger partial charge in [-0.25, -0.2) is 19.9 Å². The van der Waals surface area contributed by atoms with Crippen molar-refractivity contribution in [1.29, 1.82) is 0 Å². The van der Waals surface area contributed by atoms with Crippen LogP contribution < -0.4 is 4.90 Å². The van der Waals surface area contributed by atoms with E-state index in [9.17, 15) is 22.0 Å². The molecule has 2 aliphatic rings. The van der Waals surface area contributed by atoms with E-state index < -0.39 is 29.1 Å². The number of nitrogens with zero attached hydrogens (tertiary/aromatic N) is 1. The smallest absolute Gasteiger partial charge is 0.329 e. The van der Waals surface area contributed by atoms with Crippen molar-refractivity contribution in [2.75, 3.05) is 4.90 Å². The Bertz CT molecular complexity index is 3040. The van der Waals surface area contributed by atoms with Gasteiger partial charge in [-0.1, -0.05) is 117 Å². The average molecular weight is 1090 g/mol. The van der Waals surface area contributed by atoms with E-state index in [1.54, 1.807) is 19.1 Å². The van der Waals surface area contributed by atoms with E-state index in [4.69, 9.17) is 0 Å². The largest absolute Gasteiger partial charge is 2.00 e. The molecule has 8 aromatic carbocycles. The SMILES string of the molecule is CC(F)Cc1ccc(/C=C/c2ccc3c(c2)C2(c4cc(N(c5[c-]c(-c6[c-]c(F)ccc6)ccc5)c5ccc(C(F)(F)F)cc5)ccc4-3)c3ccccc3C(C)(C)c3ccccc32)cc1.[U+2]. The zero-order valence-corrected chi connectivity index (χ0v) is 40.1. The molecule has 0 saturated heterocycles. The van der Waals surface area contributed by atoms with Gasteiger partial charge in [0.05, 0.1) is 11.0 Å². The van der Waals surface area contributed by atoms with Gasteiger partial charge in [0.2, 0.25) is 0 Å². The minimum Gasteiger partial charge on any atom is -0.329 e. The summed E-state index contributed by atoms with van der Waals surface area (Å²) in [5, 5.41) is 0. The van der Waals surface area contributed by atoms with Gasteiger partial charge in [0.1, 0.15) is 6.17 Å². The second-order valence-electron chi connectivity index (χ2n) is 17.3. The molecule has 0 N–H and O–H groups in total. The fourth-order valence-corrected chi connectivity index (χ4v) is 10.0. The van der Waals surface area contributed by atoms with E-state index in [1.165, 1.54) is 29.3 Å². The maximum absolute atomic E-state index is 14.5. The van der Waals surface area contributed by atoms with Crippen LogP contribution in [0.4, 0.5) is 39.0 Å². The second-order valence-corrected chi connectivity index (χ2v) is 17.3. The van der Waals surface area contributed by atoms with Gasteiger partial charge in [-0.3, -0.25) is 0 Å². The van der Waals surface area contributed by atoms with Crippen molar-refractivity contribution in [3.05, 3.63) is 243 Å². The standard InChI is InChI=1S/C58H42F5N.U/c1-37(59)32-39-21-18-38(19-22-39)20-23-40-24-30-48-49-31-29-47(36-55(49)57(54(48)33-40)52-16-6-4-14-50(52)56(2,3)51-15-5-7-17-53(51)57)64(45-27-25-43(26-28-45)58(61,62)63)46-13-9-11-42(35-46)41-10-8-12-44(60)34-41;/h4-31,33,36-37H,32H2,1-3H3;/q-2;+2/b23-20+;. The van der Waals surface area contributed by atoms with Gasteiger partial charge in [-0.2, -0.15) is 49.6 Å². The summed E-state index contributed by atoms with van der Waals surface area (Å²) >= 11 is 0. The molecule has 8 aromatic rings. The van der Waals surface area contributed by atoms with E-state index in [1.807, 2.05) is 53.4 Å². The molecule has 1 nitrogen and oxygen atoms in total. The van der Waals surface area contributed by atoms with Crippen LogP contribution in [-0.4, -0.2) is 6.17 Å². The first-order valence-electron chi connectivity index (χ1n) is 21.4. The van der Waals surface area contributed by atoms with Crippen molar-refractivity contribution >= 4 is 29.2 Å². The Labute approximate surface area is 400 Å². The molecule has 0 aromatic heterocycles. The zero-order valence-electron chi connectivity index (χ0n) is 35.9. The number of halogens is 5. The molecule has 1 unspecified atom stereocenters. The van der Waals surface area contributed by atoms with Crippen molar-refractivity contribution in [1.82, 2.24) is 0 Å². The maximum Gasteiger partial charge on any atom is 2.00 e. The predicted molar refractivity (Wildman–Crippen MR) is 248 cm³/mol. The monoisotopic (exact) mass is 1090 g/mol. The summed E-state index contributed by atoms with van der Waals surface area (Å²) in [6.07, 6.45) is -0.858. The molecular formula is C58H42F5NU. The van der Waals surface area contributed by atoms with Crippen molar-refractivity contribution in [3.8, 4) is 22.3 Å². The van der Waals surface area contributed by atoms with Crippen LogP contribution >= 0.6 is 0 Å². The number of benzene rings is 8. The van der Waals surface area contributed by atoms with Crippen molar-refractivity contribution in [2.24, 2.45) is 0 Å². The van der Waals surface area contributed by atoms with E-state index in [0.29, 0.717) is 34.6 Å². The van der Waals surface area contributed by atoms with Gasteiger partial charge in [-0.15, -0.1) is 12.1 Å². The van der Waals surface area contributed by atoms with E-state index in [0.717, 1.165) is 62.2 Å². The molecule has 2 aliphatic carbocycles. The molecule has 7 heteroatoms. The Balaban J connectivity index is 0.00000533. The van der Waals surface area contributed by atoms with Gasteiger partial charge < -0.3 is 4.90 Å². The Kier molecular flexibility index (Phi) is 11.6. The molecule has 0 bridgehead atoms. The molecule has 0 radical (unpaired) electrons. The fraction of sp³-hybridized carbons (Fsp3) is 0.138. The first kappa shape index (κ1) is 44.2. The summed E-state index contributed by atoms with van der Waals surface area (Å²) in [7, 11) is 0. The maximum atomic E-state index is 14.5. The Morgan fingerprint density at radius 2 is 1.11 bits per heavy atom. The Hall–Kier alpha value is -6.00. The van der Waals surface area contributed by atoms with E-state index in [2.05, 4.69) is 117 Å². The van der Waals surface area contributed by atoms with Crippen molar-refractivity contribution in [2.45, 2.75) is 50.4 Å². The van der Waals surface area contributed by atoms with E-state index >= 15 is 0 Å². The van der Waals surface area contributed by atoms with Gasteiger partial charge in [0.25, 0.3) is 0 Å².